The normalized spacial score (nSPS) is 17.0. The van der Waals surface area contributed by atoms with Crippen LogP contribution in [0.2, 0.25) is 0 Å². The van der Waals surface area contributed by atoms with Crippen molar-refractivity contribution >= 4 is 20.2 Å². The Kier molecular flexibility index (Phi) is 6.22. The maximum atomic E-state index is 13.1. The van der Waals surface area contributed by atoms with Gasteiger partial charge in [-0.05, 0) is 47.8 Å². The van der Waals surface area contributed by atoms with Gasteiger partial charge >= 0.3 is 6.18 Å². The summed E-state index contributed by atoms with van der Waals surface area (Å²) in [5.41, 5.74) is 9.57. The zero-order chi connectivity index (χ0) is 22.9. The lowest BCUT2D eigenvalue weighted by Gasteiger charge is -2.26. The molecule has 0 aliphatic heterocycles. The van der Waals surface area contributed by atoms with Gasteiger partial charge in [0.15, 0.2) is 5.70 Å². The number of nitrogens with two attached hydrogens (primary N) is 2. The quantitative estimate of drug-likeness (QED) is 0.309. The van der Waals surface area contributed by atoms with E-state index in [9.17, 15) is 13.2 Å². The number of rotatable bonds is 5. The lowest BCUT2D eigenvalue weighted by Crippen LogP contribution is -2.34. The number of aryl methyl sites for hydroxylation is 1. The van der Waals surface area contributed by atoms with Crippen molar-refractivity contribution in [2.45, 2.75) is 37.9 Å². The minimum atomic E-state index is -4.70. The maximum absolute atomic E-state index is 13.1. The molecule has 2 unspecified atom stereocenters. The number of halogens is 3. The Morgan fingerprint density at radius 2 is 2.00 bits per heavy atom. The predicted octanol–water partition coefficient (Wildman–Crippen LogP) is 3.22. The Bertz CT molecular complexity index is 1150. The zero-order valence-corrected chi connectivity index (χ0v) is 18.4. The van der Waals surface area contributed by atoms with Crippen LogP contribution in [0.3, 0.4) is 0 Å². The number of alkyl halides is 3. The second kappa shape index (κ2) is 8.92. The first kappa shape index (κ1) is 22.3. The third kappa shape index (κ3) is 4.64. The second-order valence-electron chi connectivity index (χ2n) is 7.86. The molecule has 3 aromatic rings. The van der Waals surface area contributed by atoms with Crippen molar-refractivity contribution < 1.29 is 13.2 Å². The molecule has 2 heterocycles. The fourth-order valence-corrected chi connectivity index (χ4v) is 4.42. The highest BCUT2D eigenvalue weighted by Gasteiger charge is 2.36. The molecule has 0 amide bonds. The van der Waals surface area contributed by atoms with Crippen LogP contribution in [0.25, 0.3) is 17.1 Å². The molecule has 0 bridgehead atoms. The van der Waals surface area contributed by atoms with Gasteiger partial charge in [-0.25, -0.2) is 4.98 Å². The van der Waals surface area contributed by atoms with E-state index >= 15 is 0 Å². The van der Waals surface area contributed by atoms with Crippen molar-refractivity contribution in [3.8, 4) is 11.4 Å². The molecule has 6 nitrogen and oxygen atoms in total. The minimum Gasteiger partial charge on any atom is -0.397 e. The molecule has 0 saturated heterocycles. The molecule has 1 aliphatic carbocycles. The summed E-state index contributed by atoms with van der Waals surface area (Å²) in [5, 5.41) is 1.17. The maximum Gasteiger partial charge on any atom is 0.434 e. The first-order chi connectivity index (χ1) is 15.3. The Hall–Kier alpha value is -2.90. The molecule has 0 spiro atoms. The molecule has 0 saturated carbocycles. The van der Waals surface area contributed by atoms with E-state index in [1.807, 2.05) is 10.8 Å². The Labute approximate surface area is 186 Å². The highest BCUT2D eigenvalue weighted by molar-refractivity contribution is 7.27. The number of fused-ring (bicyclic) bond motifs is 1. The van der Waals surface area contributed by atoms with Crippen LogP contribution < -0.4 is 22.3 Å². The molecule has 32 heavy (non-hydrogen) atoms. The zero-order valence-electron chi connectivity index (χ0n) is 17.2. The average Bonchev–Trinajstić information content (AvgIpc) is 3.22. The van der Waals surface area contributed by atoms with Gasteiger partial charge in [0.1, 0.15) is 5.69 Å². The van der Waals surface area contributed by atoms with Crippen molar-refractivity contribution in [1.29, 1.82) is 0 Å². The number of hydrazine groups is 1. The van der Waals surface area contributed by atoms with E-state index in [4.69, 9.17) is 11.6 Å². The van der Waals surface area contributed by atoms with Crippen LogP contribution in [0.15, 0.2) is 54.7 Å². The lowest BCUT2D eigenvalue weighted by atomic mass is 9.83. The van der Waals surface area contributed by atoms with E-state index in [1.165, 1.54) is 34.8 Å². The van der Waals surface area contributed by atoms with Crippen LogP contribution in [0.4, 0.5) is 13.2 Å². The molecule has 1 aliphatic rings. The molecule has 4 rings (SSSR count). The Balaban J connectivity index is 1.59. The molecule has 10 heteroatoms. The number of benzene rings is 1. The first-order valence-electron chi connectivity index (χ1n) is 10.2. The number of nitrogens with zero attached hydrogens (tertiary/aromatic N) is 3. The molecule has 168 valence electrons. The van der Waals surface area contributed by atoms with Gasteiger partial charge in [0.05, 0.1) is 17.7 Å². The number of allylic oxidation sites excluding steroid dienone is 1. The van der Waals surface area contributed by atoms with E-state index in [1.54, 1.807) is 11.8 Å². The second-order valence-corrected chi connectivity index (χ2v) is 8.53. The van der Waals surface area contributed by atoms with E-state index < -0.39 is 17.6 Å². The number of hydrogen-bond donors (Lipinski definition) is 3. The summed E-state index contributed by atoms with van der Waals surface area (Å²) in [5.74, 6) is 5.42. The van der Waals surface area contributed by atoms with Crippen molar-refractivity contribution in [2.75, 3.05) is 0 Å². The largest absolute Gasteiger partial charge is 0.434 e. The lowest BCUT2D eigenvalue weighted by molar-refractivity contribution is -0.0961. The molecule has 2 aromatic heterocycles. The summed E-state index contributed by atoms with van der Waals surface area (Å²) >= 11 is 0. The van der Waals surface area contributed by atoms with Gasteiger partial charge in [0, 0.05) is 30.4 Å². The van der Waals surface area contributed by atoms with Crippen molar-refractivity contribution in [2.24, 2.45) is 11.6 Å². The van der Waals surface area contributed by atoms with Gasteiger partial charge in [-0.1, -0.05) is 18.2 Å². The van der Waals surface area contributed by atoms with Crippen LogP contribution >= 0.6 is 9.24 Å². The highest BCUT2D eigenvalue weighted by Crippen LogP contribution is 2.33. The summed E-state index contributed by atoms with van der Waals surface area (Å²) < 4.78 is 41.4. The Morgan fingerprint density at radius 3 is 2.75 bits per heavy atom. The fourth-order valence-electron chi connectivity index (χ4n) is 4.15. The standard InChI is InChI=1S/C22H24F3N6P/c23-22(24,25)21(30-27)20(26)14-6-7-28-18(8-14)19-11-31(12-29-19)10-15-3-1-2-13-4-5-16(32)9-17(13)15/h4-9,11-12,15,30H,1-3,10,26-27,32H2/b21-20-. The van der Waals surface area contributed by atoms with Crippen LogP contribution in [0.1, 0.15) is 35.4 Å². The van der Waals surface area contributed by atoms with Crippen molar-refractivity contribution in [3.05, 3.63) is 71.4 Å². The molecular formula is C22H24F3N6P. The summed E-state index contributed by atoms with van der Waals surface area (Å²) in [6.07, 6.45) is 3.61. The van der Waals surface area contributed by atoms with Crippen LogP contribution in [-0.2, 0) is 13.0 Å². The highest BCUT2D eigenvalue weighted by atomic mass is 31.0. The molecule has 1 aromatic carbocycles. The number of pyridine rings is 1. The topological polar surface area (TPSA) is 94.8 Å². The van der Waals surface area contributed by atoms with Gasteiger partial charge < -0.3 is 15.7 Å². The van der Waals surface area contributed by atoms with Crippen molar-refractivity contribution in [3.63, 3.8) is 0 Å². The van der Waals surface area contributed by atoms with Crippen LogP contribution in [-0.4, -0.2) is 20.7 Å². The van der Waals surface area contributed by atoms with Gasteiger partial charge in [0.25, 0.3) is 0 Å². The van der Waals surface area contributed by atoms with Gasteiger partial charge in [-0.2, -0.15) is 13.2 Å². The third-order valence-electron chi connectivity index (χ3n) is 5.70. The predicted molar refractivity (Wildman–Crippen MR) is 121 cm³/mol. The van der Waals surface area contributed by atoms with E-state index in [0.717, 1.165) is 25.8 Å². The monoisotopic (exact) mass is 460 g/mol. The number of nitrogens with one attached hydrogen (secondary N) is 1. The van der Waals surface area contributed by atoms with E-state index in [2.05, 4.69) is 37.4 Å². The SMILES string of the molecule is NN/C(=C(\N)c1ccnc(-c2cn(CC3CCCc4ccc(P)cc43)cn2)c1)C(F)(F)F. The molecule has 0 fully saturated rings. The van der Waals surface area contributed by atoms with Crippen LogP contribution in [0.5, 0.6) is 0 Å². The molecular weight excluding hydrogens is 436 g/mol. The number of hydrogen-bond acceptors (Lipinski definition) is 5. The van der Waals surface area contributed by atoms with Gasteiger partial charge in [-0.3, -0.25) is 10.8 Å². The third-order valence-corrected chi connectivity index (χ3v) is 6.06. The fraction of sp³-hybridized carbons (Fsp3) is 0.273. The van der Waals surface area contributed by atoms with E-state index in [-0.39, 0.29) is 5.56 Å². The number of imidazole rings is 1. The summed E-state index contributed by atoms with van der Waals surface area (Å²) in [4.78, 5) is 8.67. The first-order valence-corrected chi connectivity index (χ1v) is 10.7. The smallest absolute Gasteiger partial charge is 0.397 e. The summed E-state index contributed by atoms with van der Waals surface area (Å²) in [6, 6.07) is 9.41. The van der Waals surface area contributed by atoms with Gasteiger partial charge in [-0.15, -0.1) is 9.24 Å². The van der Waals surface area contributed by atoms with Gasteiger partial charge in [0.2, 0.25) is 0 Å². The van der Waals surface area contributed by atoms with Crippen LogP contribution in [0, 0.1) is 0 Å². The Morgan fingerprint density at radius 1 is 1.19 bits per heavy atom. The van der Waals surface area contributed by atoms with Crippen molar-refractivity contribution in [1.82, 2.24) is 20.0 Å². The molecule has 5 N–H and O–H groups in total. The average molecular weight is 460 g/mol. The minimum absolute atomic E-state index is 0.156. The van der Waals surface area contributed by atoms with E-state index in [0.29, 0.717) is 17.3 Å². The molecule has 2 atom stereocenters. The summed E-state index contributed by atoms with van der Waals surface area (Å²) in [7, 11) is 2.75. The summed E-state index contributed by atoms with van der Waals surface area (Å²) in [6.45, 7) is 0.769. The number of aromatic nitrogens is 3. The molecule has 0 radical (unpaired) electrons.